The molecule has 0 aromatic heterocycles. The number of benzene rings is 3. The molecule has 0 aliphatic carbocycles. The second kappa shape index (κ2) is 8.07. The second-order valence-corrected chi connectivity index (χ2v) is 7.22. The van der Waals surface area contributed by atoms with Crippen LogP contribution < -0.4 is 0 Å². The topological polar surface area (TPSA) is 17.1 Å². The van der Waals surface area contributed by atoms with E-state index in [1.165, 1.54) is 11.1 Å². The Hall–Kier alpha value is -3.10. The van der Waals surface area contributed by atoms with Crippen molar-refractivity contribution in [2.45, 2.75) is 0 Å². The van der Waals surface area contributed by atoms with Gasteiger partial charge in [-0.25, -0.2) is 0 Å². The van der Waals surface area contributed by atoms with Crippen LogP contribution in [0.25, 0.3) is 16.1 Å². The van der Waals surface area contributed by atoms with Crippen molar-refractivity contribution in [3.63, 3.8) is 0 Å². The van der Waals surface area contributed by atoms with Gasteiger partial charge in [0.2, 0.25) is 0 Å². The van der Waals surface area contributed by atoms with Crippen molar-refractivity contribution in [2.24, 2.45) is 0 Å². The zero-order valence-corrected chi connectivity index (χ0v) is 15.5. The number of hydrogen-bond acceptors (Lipinski definition) is 2. The van der Waals surface area contributed by atoms with Crippen molar-refractivity contribution in [3.8, 4) is 0 Å². The summed E-state index contributed by atoms with van der Waals surface area (Å²) in [7, 11) is 0. The zero-order chi connectivity index (χ0) is 18.5. The molecule has 3 aromatic carbocycles. The van der Waals surface area contributed by atoms with Gasteiger partial charge in [-0.3, -0.25) is 4.79 Å². The zero-order valence-electron chi connectivity index (χ0n) is 14.7. The lowest BCUT2D eigenvalue weighted by atomic mass is 10.0. The van der Waals surface area contributed by atoms with Gasteiger partial charge in [-0.15, -0.1) is 0 Å². The molecule has 0 fully saturated rings. The van der Waals surface area contributed by atoms with Gasteiger partial charge in [0.1, 0.15) is 0 Å². The first-order valence-electron chi connectivity index (χ1n) is 8.83. The number of thioether (sulfide) groups is 1. The number of carbonyl (C=O) groups excluding carboxylic acids is 1. The molecule has 0 bridgehead atoms. The summed E-state index contributed by atoms with van der Waals surface area (Å²) in [6, 6.07) is 30.5. The maximum Gasteiger partial charge on any atom is 0.151 e. The summed E-state index contributed by atoms with van der Waals surface area (Å²) in [4.78, 5) is 14.0. The SMILES string of the molecule is O=C/C(=C1\C=CC(c2ccccc2)=C(c2ccccc2)S1)c1ccccc1. The van der Waals surface area contributed by atoms with Crippen LogP contribution in [0, 0.1) is 0 Å². The van der Waals surface area contributed by atoms with Gasteiger partial charge in [0.15, 0.2) is 6.29 Å². The predicted octanol–water partition coefficient (Wildman–Crippen LogP) is 6.47. The third-order valence-electron chi connectivity index (χ3n) is 4.45. The number of carbonyl (C=O) groups is 1. The summed E-state index contributed by atoms with van der Waals surface area (Å²) in [5.41, 5.74) is 5.16. The molecule has 4 rings (SSSR count). The first kappa shape index (κ1) is 17.3. The van der Waals surface area contributed by atoms with Gasteiger partial charge in [-0.2, -0.15) is 0 Å². The molecule has 3 aromatic rings. The monoisotopic (exact) mass is 366 g/mol. The highest BCUT2D eigenvalue weighted by atomic mass is 32.2. The fourth-order valence-corrected chi connectivity index (χ4v) is 4.30. The van der Waals surface area contributed by atoms with Crippen molar-refractivity contribution in [1.29, 1.82) is 0 Å². The van der Waals surface area contributed by atoms with Crippen LogP contribution in [0.5, 0.6) is 0 Å². The van der Waals surface area contributed by atoms with Crippen LogP contribution in [0.4, 0.5) is 0 Å². The van der Waals surface area contributed by atoms with Crippen LogP contribution in [0.2, 0.25) is 0 Å². The third-order valence-corrected chi connectivity index (χ3v) is 5.68. The lowest BCUT2D eigenvalue weighted by Crippen LogP contribution is -1.96. The number of allylic oxidation sites excluding steroid dienone is 4. The summed E-state index contributed by atoms with van der Waals surface area (Å²) in [5, 5.41) is 0. The van der Waals surface area contributed by atoms with Gasteiger partial charge in [0, 0.05) is 15.4 Å². The van der Waals surface area contributed by atoms with Crippen LogP contribution in [-0.2, 0) is 4.79 Å². The van der Waals surface area contributed by atoms with Crippen molar-refractivity contribution >= 4 is 34.1 Å². The second-order valence-electron chi connectivity index (χ2n) is 6.17. The highest BCUT2D eigenvalue weighted by Crippen LogP contribution is 2.46. The maximum absolute atomic E-state index is 11.9. The highest BCUT2D eigenvalue weighted by Gasteiger charge is 2.18. The van der Waals surface area contributed by atoms with E-state index in [1.54, 1.807) is 11.8 Å². The summed E-state index contributed by atoms with van der Waals surface area (Å²) >= 11 is 1.66. The van der Waals surface area contributed by atoms with Gasteiger partial charge >= 0.3 is 0 Å². The van der Waals surface area contributed by atoms with Gasteiger partial charge in [0.05, 0.1) is 0 Å². The van der Waals surface area contributed by atoms with Crippen LogP contribution in [0.15, 0.2) is 108 Å². The Morgan fingerprint density at radius 1 is 0.667 bits per heavy atom. The van der Waals surface area contributed by atoms with Gasteiger partial charge in [-0.05, 0) is 28.3 Å². The molecule has 0 spiro atoms. The summed E-state index contributed by atoms with van der Waals surface area (Å²) in [6.45, 7) is 0. The minimum absolute atomic E-state index is 0.720. The molecule has 1 aliphatic rings. The predicted molar refractivity (Wildman–Crippen MR) is 116 cm³/mol. The van der Waals surface area contributed by atoms with E-state index in [0.29, 0.717) is 0 Å². The Bertz CT molecular complexity index is 1030. The van der Waals surface area contributed by atoms with Gasteiger partial charge < -0.3 is 0 Å². The van der Waals surface area contributed by atoms with E-state index in [1.807, 2.05) is 54.6 Å². The van der Waals surface area contributed by atoms with E-state index >= 15 is 0 Å². The number of aldehydes is 1. The summed E-state index contributed by atoms with van der Waals surface area (Å²) in [5.74, 6) is 0. The number of hydrogen-bond donors (Lipinski definition) is 0. The molecule has 2 heteroatoms. The molecule has 0 saturated heterocycles. The van der Waals surface area contributed by atoms with Crippen molar-refractivity contribution in [3.05, 3.63) is 125 Å². The lowest BCUT2D eigenvalue weighted by Gasteiger charge is -2.19. The largest absolute Gasteiger partial charge is 0.298 e. The fourth-order valence-electron chi connectivity index (χ4n) is 3.11. The van der Waals surface area contributed by atoms with E-state index in [2.05, 4.69) is 48.6 Å². The van der Waals surface area contributed by atoms with Gasteiger partial charge in [-0.1, -0.05) is 109 Å². The Balaban J connectivity index is 1.86. The Kier molecular flexibility index (Phi) is 5.17. The smallest absolute Gasteiger partial charge is 0.151 e. The molecule has 0 unspecified atom stereocenters. The summed E-state index contributed by atoms with van der Waals surface area (Å²) < 4.78 is 0. The van der Waals surface area contributed by atoms with Crippen LogP contribution in [-0.4, -0.2) is 6.29 Å². The molecular weight excluding hydrogens is 348 g/mol. The molecule has 0 amide bonds. The standard InChI is InChI=1S/C25H18OS/c26-18-23(20-12-6-2-7-13-20)24-17-16-22(19-10-4-1-5-11-19)25(27-24)21-14-8-3-9-15-21/h1-18H/b24-23-. The molecule has 130 valence electrons. The Labute approximate surface area is 163 Å². The van der Waals surface area contributed by atoms with Crippen LogP contribution in [0.1, 0.15) is 16.7 Å². The first-order chi connectivity index (χ1) is 13.4. The van der Waals surface area contributed by atoms with E-state index in [0.717, 1.165) is 32.8 Å². The highest BCUT2D eigenvalue weighted by molar-refractivity contribution is 8.12. The molecule has 0 radical (unpaired) electrons. The van der Waals surface area contributed by atoms with E-state index < -0.39 is 0 Å². The average molecular weight is 366 g/mol. The quantitative estimate of drug-likeness (QED) is 0.389. The maximum atomic E-state index is 11.9. The minimum Gasteiger partial charge on any atom is -0.298 e. The molecule has 1 nitrogen and oxygen atoms in total. The van der Waals surface area contributed by atoms with Crippen LogP contribution in [0.3, 0.4) is 0 Å². The van der Waals surface area contributed by atoms with Crippen molar-refractivity contribution in [2.75, 3.05) is 0 Å². The average Bonchev–Trinajstić information content (AvgIpc) is 2.76. The molecule has 0 N–H and O–H groups in total. The molecule has 1 heterocycles. The number of rotatable bonds is 4. The Morgan fingerprint density at radius 2 is 1.22 bits per heavy atom. The molecule has 27 heavy (non-hydrogen) atoms. The molecule has 1 aliphatic heterocycles. The van der Waals surface area contributed by atoms with Crippen LogP contribution >= 0.6 is 11.8 Å². The lowest BCUT2D eigenvalue weighted by molar-refractivity contribution is -0.103. The normalized spacial score (nSPS) is 15.6. The molecular formula is C25H18OS. The minimum atomic E-state index is 0.720. The summed E-state index contributed by atoms with van der Waals surface area (Å²) in [6.07, 6.45) is 5.13. The Morgan fingerprint density at radius 3 is 1.81 bits per heavy atom. The van der Waals surface area contributed by atoms with Gasteiger partial charge in [0.25, 0.3) is 0 Å². The fraction of sp³-hybridized carbons (Fsp3) is 0. The van der Waals surface area contributed by atoms with Crippen molar-refractivity contribution < 1.29 is 4.79 Å². The van der Waals surface area contributed by atoms with Crippen molar-refractivity contribution in [1.82, 2.24) is 0 Å². The van der Waals surface area contributed by atoms with E-state index in [-0.39, 0.29) is 0 Å². The molecule has 0 atom stereocenters. The van der Waals surface area contributed by atoms with E-state index in [4.69, 9.17) is 0 Å². The first-order valence-corrected chi connectivity index (χ1v) is 9.64. The third kappa shape index (κ3) is 3.71. The van der Waals surface area contributed by atoms with E-state index in [9.17, 15) is 4.79 Å². The molecule has 0 saturated carbocycles.